The summed E-state index contributed by atoms with van der Waals surface area (Å²) in [5, 5.41) is 7.56. The van der Waals surface area contributed by atoms with Gasteiger partial charge in [-0.15, -0.1) is 0 Å². The number of rotatable bonds is 7. The van der Waals surface area contributed by atoms with Crippen LogP contribution in [0.5, 0.6) is 5.75 Å². The molecule has 0 saturated heterocycles. The molecule has 6 heteroatoms. The molecule has 5 nitrogen and oxygen atoms in total. The Bertz CT molecular complexity index is 753. The van der Waals surface area contributed by atoms with Crippen LogP contribution in [0.2, 0.25) is 0 Å². The highest BCUT2D eigenvalue weighted by atomic mass is 19.1. The summed E-state index contributed by atoms with van der Waals surface area (Å²) >= 11 is 0. The average molecular weight is 345 g/mol. The van der Waals surface area contributed by atoms with Crippen molar-refractivity contribution in [2.45, 2.75) is 51.6 Å². The SMILES string of the molecule is CCCc1cn(CC(=O)NC2CCC2)nc1-c1cc(F)ccc1OC. The van der Waals surface area contributed by atoms with Crippen molar-refractivity contribution in [3.05, 3.63) is 35.8 Å². The molecule has 0 unspecified atom stereocenters. The molecule has 1 heterocycles. The van der Waals surface area contributed by atoms with Gasteiger partial charge < -0.3 is 10.1 Å². The van der Waals surface area contributed by atoms with Gasteiger partial charge in [-0.25, -0.2) is 4.39 Å². The van der Waals surface area contributed by atoms with E-state index in [-0.39, 0.29) is 18.3 Å². The minimum atomic E-state index is -0.337. The Kier molecular flexibility index (Phi) is 5.36. The number of nitrogens with zero attached hydrogens (tertiary/aromatic N) is 2. The molecule has 0 aliphatic heterocycles. The number of methoxy groups -OCH3 is 1. The summed E-state index contributed by atoms with van der Waals surface area (Å²) in [5.41, 5.74) is 2.28. The topological polar surface area (TPSA) is 56.2 Å². The molecular weight excluding hydrogens is 321 g/mol. The second-order valence-corrected chi connectivity index (χ2v) is 6.49. The Morgan fingerprint density at radius 2 is 2.24 bits per heavy atom. The molecule has 0 atom stereocenters. The van der Waals surface area contributed by atoms with E-state index in [4.69, 9.17) is 4.74 Å². The molecule has 0 bridgehead atoms. The van der Waals surface area contributed by atoms with E-state index in [1.807, 2.05) is 6.20 Å². The van der Waals surface area contributed by atoms with Crippen molar-refractivity contribution >= 4 is 5.91 Å². The predicted octanol–water partition coefficient (Wildman–Crippen LogP) is 3.32. The maximum absolute atomic E-state index is 13.7. The van der Waals surface area contributed by atoms with Crippen molar-refractivity contribution in [3.63, 3.8) is 0 Å². The maximum Gasteiger partial charge on any atom is 0.241 e. The molecule has 1 N–H and O–H groups in total. The van der Waals surface area contributed by atoms with E-state index in [1.54, 1.807) is 17.9 Å². The number of aryl methyl sites for hydroxylation is 1. The molecule has 3 rings (SSSR count). The summed E-state index contributed by atoms with van der Waals surface area (Å²) in [6, 6.07) is 4.70. The summed E-state index contributed by atoms with van der Waals surface area (Å²) in [6.45, 7) is 2.25. The second kappa shape index (κ2) is 7.68. The molecule has 1 saturated carbocycles. The van der Waals surface area contributed by atoms with E-state index in [2.05, 4.69) is 17.3 Å². The first-order valence-electron chi connectivity index (χ1n) is 8.80. The normalized spacial score (nSPS) is 14.2. The number of nitrogens with one attached hydrogen (secondary N) is 1. The lowest BCUT2D eigenvalue weighted by Gasteiger charge is -2.26. The van der Waals surface area contributed by atoms with Crippen LogP contribution in [0.25, 0.3) is 11.3 Å². The Hall–Kier alpha value is -2.37. The van der Waals surface area contributed by atoms with Gasteiger partial charge in [0.15, 0.2) is 0 Å². The number of carbonyl (C=O) groups excluding carboxylic acids is 1. The highest BCUT2D eigenvalue weighted by Crippen LogP contribution is 2.32. The summed E-state index contributed by atoms with van der Waals surface area (Å²) in [7, 11) is 1.55. The van der Waals surface area contributed by atoms with Gasteiger partial charge in [0.25, 0.3) is 0 Å². The fourth-order valence-electron chi connectivity index (χ4n) is 3.06. The van der Waals surface area contributed by atoms with Crippen LogP contribution in [0.4, 0.5) is 4.39 Å². The molecule has 0 radical (unpaired) electrons. The lowest BCUT2D eigenvalue weighted by molar-refractivity contribution is -0.123. The average Bonchev–Trinajstić information content (AvgIpc) is 2.93. The minimum Gasteiger partial charge on any atom is -0.496 e. The summed E-state index contributed by atoms with van der Waals surface area (Å²) in [6.07, 6.45) is 6.90. The van der Waals surface area contributed by atoms with Crippen molar-refractivity contribution in [1.29, 1.82) is 0 Å². The van der Waals surface area contributed by atoms with Crippen molar-refractivity contribution in [3.8, 4) is 17.0 Å². The molecule has 1 aliphatic rings. The zero-order valence-electron chi connectivity index (χ0n) is 14.7. The minimum absolute atomic E-state index is 0.0343. The Labute approximate surface area is 147 Å². The third-order valence-corrected chi connectivity index (χ3v) is 4.55. The van der Waals surface area contributed by atoms with Crippen molar-refractivity contribution < 1.29 is 13.9 Å². The van der Waals surface area contributed by atoms with Crippen LogP contribution in [0.15, 0.2) is 24.4 Å². The number of amides is 1. The van der Waals surface area contributed by atoms with Gasteiger partial charge in [0, 0.05) is 17.8 Å². The molecule has 25 heavy (non-hydrogen) atoms. The first-order valence-corrected chi connectivity index (χ1v) is 8.80. The number of ether oxygens (including phenoxy) is 1. The van der Waals surface area contributed by atoms with Crippen molar-refractivity contribution in [2.75, 3.05) is 7.11 Å². The first-order chi connectivity index (χ1) is 12.1. The third-order valence-electron chi connectivity index (χ3n) is 4.55. The second-order valence-electron chi connectivity index (χ2n) is 6.49. The van der Waals surface area contributed by atoms with Gasteiger partial charge in [-0.05, 0) is 49.4 Å². The fourth-order valence-corrected chi connectivity index (χ4v) is 3.06. The Morgan fingerprint density at radius 1 is 1.44 bits per heavy atom. The Balaban J connectivity index is 1.86. The van der Waals surface area contributed by atoms with Crippen LogP contribution in [0.1, 0.15) is 38.2 Å². The number of hydrogen-bond acceptors (Lipinski definition) is 3. The van der Waals surface area contributed by atoms with E-state index >= 15 is 0 Å². The summed E-state index contributed by atoms with van der Waals surface area (Å²) < 4.78 is 20.7. The molecule has 0 spiro atoms. The van der Waals surface area contributed by atoms with Gasteiger partial charge >= 0.3 is 0 Å². The van der Waals surface area contributed by atoms with Crippen LogP contribution in [0.3, 0.4) is 0 Å². The molecule has 1 aliphatic carbocycles. The fraction of sp³-hybridized carbons (Fsp3) is 0.474. The molecule has 134 valence electrons. The summed E-state index contributed by atoms with van der Waals surface area (Å²) in [5.74, 6) is 0.200. The maximum atomic E-state index is 13.7. The van der Waals surface area contributed by atoms with E-state index in [9.17, 15) is 9.18 Å². The van der Waals surface area contributed by atoms with Gasteiger partial charge in [0.1, 0.15) is 18.1 Å². The number of halogens is 1. The van der Waals surface area contributed by atoms with Crippen LogP contribution in [0, 0.1) is 5.82 Å². The molecule has 1 aromatic heterocycles. The van der Waals surface area contributed by atoms with Gasteiger partial charge in [0.2, 0.25) is 5.91 Å². The van der Waals surface area contributed by atoms with E-state index in [1.165, 1.54) is 18.6 Å². The van der Waals surface area contributed by atoms with E-state index < -0.39 is 0 Å². The van der Waals surface area contributed by atoms with E-state index in [0.717, 1.165) is 31.2 Å². The quantitative estimate of drug-likeness (QED) is 0.837. The molecule has 1 fully saturated rings. The zero-order chi connectivity index (χ0) is 17.8. The van der Waals surface area contributed by atoms with Crippen molar-refractivity contribution in [1.82, 2.24) is 15.1 Å². The lowest BCUT2D eigenvalue weighted by Crippen LogP contribution is -2.41. The highest BCUT2D eigenvalue weighted by molar-refractivity contribution is 5.76. The lowest BCUT2D eigenvalue weighted by atomic mass is 9.93. The van der Waals surface area contributed by atoms with Crippen LogP contribution in [-0.2, 0) is 17.8 Å². The smallest absolute Gasteiger partial charge is 0.241 e. The molecule has 2 aromatic rings. The Morgan fingerprint density at radius 3 is 2.88 bits per heavy atom. The number of hydrogen-bond donors (Lipinski definition) is 1. The van der Waals surface area contributed by atoms with Gasteiger partial charge in [0.05, 0.1) is 12.8 Å². The number of benzene rings is 1. The summed E-state index contributed by atoms with van der Waals surface area (Å²) in [4.78, 5) is 12.2. The van der Waals surface area contributed by atoms with Gasteiger partial charge in [-0.1, -0.05) is 13.3 Å². The predicted molar refractivity (Wildman–Crippen MR) is 93.9 cm³/mol. The number of aromatic nitrogens is 2. The van der Waals surface area contributed by atoms with Gasteiger partial charge in [-0.2, -0.15) is 5.10 Å². The van der Waals surface area contributed by atoms with Crippen LogP contribution >= 0.6 is 0 Å². The zero-order valence-corrected chi connectivity index (χ0v) is 14.7. The number of carbonyl (C=O) groups is 1. The highest BCUT2D eigenvalue weighted by Gasteiger charge is 2.21. The third kappa shape index (κ3) is 4.00. The molecule has 1 amide bonds. The monoisotopic (exact) mass is 345 g/mol. The standard InChI is InChI=1S/C19H24FN3O2/c1-3-5-13-11-23(12-18(24)21-15-6-4-7-15)22-19(13)16-10-14(20)8-9-17(16)25-2/h8-11,15H,3-7,12H2,1-2H3,(H,21,24). The van der Waals surface area contributed by atoms with Crippen LogP contribution < -0.4 is 10.1 Å². The van der Waals surface area contributed by atoms with Gasteiger partial charge in [-0.3, -0.25) is 9.48 Å². The molecule has 1 aromatic carbocycles. The largest absolute Gasteiger partial charge is 0.496 e. The van der Waals surface area contributed by atoms with Crippen molar-refractivity contribution in [2.24, 2.45) is 0 Å². The van der Waals surface area contributed by atoms with E-state index in [0.29, 0.717) is 23.0 Å². The first kappa shape index (κ1) is 17.5. The molecular formula is C19H24FN3O2. The van der Waals surface area contributed by atoms with Crippen LogP contribution in [-0.4, -0.2) is 28.8 Å².